The van der Waals surface area contributed by atoms with Gasteiger partial charge >= 0.3 is 0 Å². The lowest BCUT2D eigenvalue weighted by atomic mass is 9.97. The largest absolute Gasteiger partial charge is 0.504 e. The lowest BCUT2D eigenvalue weighted by Gasteiger charge is -2.45. The molecule has 1 heterocycles. The third-order valence-corrected chi connectivity index (χ3v) is 7.95. The van der Waals surface area contributed by atoms with Crippen LogP contribution < -0.4 is 4.74 Å². The van der Waals surface area contributed by atoms with Crippen molar-refractivity contribution in [2.75, 3.05) is 6.61 Å². The number of benzene rings is 5. The predicted molar refractivity (Wildman–Crippen MR) is 179 cm³/mol. The smallest absolute Gasteiger partial charge is 0.229 e. The number of para-hydroxylation sites is 2. The monoisotopic (exact) mass is 632 g/mol. The average Bonchev–Trinajstić information content (AvgIpc) is 3.12. The molecule has 7 heteroatoms. The summed E-state index contributed by atoms with van der Waals surface area (Å²) < 4.78 is 39.3. The highest BCUT2D eigenvalue weighted by Crippen LogP contribution is 2.34. The summed E-state index contributed by atoms with van der Waals surface area (Å²) in [5, 5.41) is 10.6. The minimum atomic E-state index is -0.949. The van der Waals surface area contributed by atoms with E-state index in [0.29, 0.717) is 26.4 Å². The van der Waals surface area contributed by atoms with Gasteiger partial charge in [-0.2, -0.15) is 0 Å². The molecule has 1 aliphatic heterocycles. The summed E-state index contributed by atoms with van der Waals surface area (Å²) in [6.45, 7) is 1.57. The van der Waals surface area contributed by atoms with E-state index in [9.17, 15) is 5.11 Å². The van der Waals surface area contributed by atoms with Crippen molar-refractivity contribution in [2.24, 2.45) is 0 Å². The van der Waals surface area contributed by atoms with Crippen molar-refractivity contribution in [3.8, 4) is 11.5 Å². The first-order valence-electron chi connectivity index (χ1n) is 15.9. The molecule has 0 spiro atoms. The predicted octanol–water partition coefficient (Wildman–Crippen LogP) is 7.47. The van der Waals surface area contributed by atoms with Gasteiger partial charge in [-0.15, -0.1) is 0 Å². The van der Waals surface area contributed by atoms with Gasteiger partial charge in [0.25, 0.3) is 0 Å². The Bertz CT molecular complexity index is 1600. The molecule has 5 atom stereocenters. The fourth-order valence-corrected chi connectivity index (χ4v) is 5.52. The number of hydrogen-bond donors (Lipinski definition) is 1. The van der Waals surface area contributed by atoms with E-state index in [4.69, 9.17) is 28.4 Å². The van der Waals surface area contributed by atoms with Crippen molar-refractivity contribution in [3.05, 3.63) is 168 Å². The molecular weight excluding hydrogens is 592 g/mol. The van der Waals surface area contributed by atoms with Crippen LogP contribution in [0.15, 0.2) is 146 Å². The van der Waals surface area contributed by atoms with Gasteiger partial charge in [0.15, 0.2) is 11.5 Å². The molecule has 5 aromatic carbocycles. The molecule has 0 radical (unpaired) electrons. The molecule has 0 aliphatic carbocycles. The Morgan fingerprint density at radius 3 is 1.40 bits per heavy atom. The van der Waals surface area contributed by atoms with Crippen molar-refractivity contribution in [1.82, 2.24) is 0 Å². The molecule has 1 fully saturated rings. The van der Waals surface area contributed by atoms with Crippen molar-refractivity contribution in [1.29, 1.82) is 0 Å². The maximum Gasteiger partial charge on any atom is 0.229 e. The summed E-state index contributed by atoms with van der Waals surface area (Å²) in [6, 6.07) is 46.7. The zero-order valence-corrected chi connectivity index (χ0v) is 26.2. The summed E-state index contributed by atoms with van der Waals surface area (Å²) >= 11 is 0. The van der Waals surface area contributed by atoms with Crippen LogP contribution in [0.25, 0.3) is 0 Å². The molecule has 1 aliphatic rings. The fraction of sp³-hybridized carbons (Fsp3) is 0.250. The Labute approximate surface area is 276 Å². The minimum absolute atomic E-state index is 0.000933. The lowest BCUT2D eigenvalue weighted by molar-refractivity contribution is -0.310. The van der Waals surface area contributed by atoms with Crippen LogP contribution in [0.4, 0.5) is 0 Å². The number of phenols is 1. The Hall–Kier alpha value is -4.50. The SMILES string of the molecule is Oc1ccccc1O[C@@H]1O[C@H](COCc2ccccc2)[C@@H](OCc2ccccc2)[C@H](OCc2ccccc2)[C@H]1OCc1ccccc1. The molecule has 0 aromatic heterocycles. The number of aromatic hydroxyl groups is 1. The first-order chi connectivity index (χ1) is 23.2. The third-order valence-electron chi connectivity index (χ3n) is 7.95. The van der Waals surface area contributed by atoms with E-state index in [1.165, 1.54) is 0 Å². The van der Waals surface area contributed by atoms with E-state index >= 15 is 0 Å². The highest BCUT2D eigenvalue weighted by Gasteiger charge is 2.50. The standard InChI is InChI=1S/C40H40O7/c41-34-23-13-14-24-35(34)46-40-39(45-28-33-21-11-4-12-22-33)38(44-27-32-19-9-3-10-20-32)37(43-26-31-17-7-2-8-18-31)36(47-40)29-42-25-30-15-5-1-6-16-30/h1-24,36-41H,25-29H2/t36-,37-,38+,39-,40-/m1/s1. The third kappa shape index (κ3) is 9.29. The van der Waals surface area contributed by atoms with Crippen molar-refractivity contribution in [2.45, 2.75) is 57.1 Å². The molecule has 7 nitrogen and oxygen atoms in total. The van der Waals surface area contributed by atoms with E-state index in [1.807, 2.05) is 121 Å². The number of ether oxygens (including phenoxy) is 6. The summed E-state index contributed by atoms with van der Waals surface area (Å²) in [5.41, 5.74) is 4.07. The van der Waals surface area contributed by atoms with Gasteiger partial charge in [0.05, 0.1) is 33.0 Å². The Kier molecular flexibility index (Phi) is 11.7. The van der Waals surface area contributed by atoms with Crippen LogP contribution in [0.3, 0.4) is 0 Å². The van der Waals surface area contributed by atoms with E-state index in [2.05, 4.69) is 0 Å². The summed E-state index contributed by atoms with van der Waals surface area (Å²) in [5.74, 6) is 0.277. The summed E-state index contributed by atoms with van der Waals surface area (Å²) in [7, 11) is 0. The number of phenolic OH excluding ortho intramolecular Hbond substituents is 1. The van der Waals surface area contributed by atoms with E-state index in [1.54, 1.807) is 24.3 Å². The van der Waals surface area contributed by atoms with Crippen molar-refractivity contribution < 1.29 is 33.5 Å². The second-order valence-corrected chi connectivity index (χ2v) is 11.4. The molecule has 1 saturated heterocycles. The van der Waals surface area contributed by atoms with E-state index < -0.39 is 30.7 Å². The average molecular weight is 633 g/mol. The second-order valence-electron chi connectivity index (χ2n) is 11.4. The lowest BCUT2D eigenvalue weighted by Crippen LogP contribution is -2.62. The topological polar surface area (TPSA) is 75.6 Å². The maximum absolute atomic E-state index is 10.6. The molecule has 1 N–H and O–H groups in total. The van der Waals surface area contributed by atoms with Crippen LogP contribution in [-0.4, -0.2) is 42.4 Å². The quantitative estimate of drug-likeness (QED) is 0.128. The van der Waals surface area contributed by atoms with Gasteiger partial charge in [0, 0.05) is 0 Å². The van der Waals surface area contributed by atoms with Crippen LogP contribution in [0.5, 0.6) is 11.5 Å². The Balaban J connectivity index is 1.32. The van der Waals surface area contributed by atoms with E-state index in [0.717, 1.165) is 22.3 Å². The maximum atomic E-state index is 10.6. The highest BCUT2D eigenvalue weighted by atomic mass is 16.7. The van der Waals surface area contributed by atoms with Crippen LogP contribution in [0.2, 0.25) is 0 Å². The zero-order chi connectivity index (χ0) is 32.1. The molecule has 0 saturated carbocycles. The molecule has 5 aromatic rings. The molecule has 47 heavy (non-hydrogen) atoms. The normalized spacial score (nSPS) is 20.9. The van der Waals surface area contributed by atoms with Crippen LogP contribution in [0.1, 0.15) is 22.3 Å². The molecule has 0 bridgehead atoms. The minimum Gasteiger partial charge on any atom is -0.504 e. The number of rotatable bonds is 15. The van der Waals surface area contributed by atoms with Crippen LogP contribution in [0, 0.1) is 0 Å². The van der Waals surface area contributed by atoms with Gasteiger partial charge in [-0.1, -0.05) is 133 Å². The molecule has 0 unspecified atom stereocenters. The molecule has 242 valence electrons. The second kappa shape index (κ2) is 16.9. The van der Waals surface area contributed by atoms with Crippen LogP contribution >= 0.6 is 0 Å². The van der Waals surface area contributed by atoms with Gasteiger partial charge in [-0.3, -0.25) is 0 Å². The Morgan fingerprint density at radius 1 is 0.468 bits per heavy atom. The first-order valence-corrected chi connectivity index (χ1v) is 15.9. The Morgan fingerprint density at radius 2 is 0.894 bits per heavy atom. The highest BCUT2D eigenvalue weighted by molar-refractivity contribution is 5.38. The van der Waals surface area contributed by atoms with Gasteiger partial charge in [-0.25, -0.2) is 0 Å². The van der Waals surface area contributed by atoms with Gasteiger partial charge in [0.1, 0.15) is 24.4 Å². The van der Waals surface area contributed by atoms with E-state index in [-0.39, 0.29) is 18.1 Å². The van der Waals surface area contributed by atoms with Crippen molar-refractivity contribution >= 4 is 0 Å². The summed E-state index contributed by atoms with van der Waals surface area (Å²) in [4.78, 5) is 0. The molecule has 6 rings (SSSR count). The first kappa shape index (κ1) is 32.4. The van der Waals surface area contributed by atoms with Gasteiger partial charge < -0.3 is 33.5 Å². The molecule has 0 amide bonds. The number of hydrogen-bond acceptors (Lipinski definition) is 7. The fourth-order valence-electron chi connectivity index (χ4n) is 5.52. The van der Waals surface area contributed by atoms with Crippen molar-refractivity contribution in [3.63, 3.8) is 0 Å². The van der Waals surface area contributed by atoms with Gasteiger partial charge in [-0.05, 0) is 34.4 Å². The van der Waals surface area contributed by atoms with Gasteiger partial charge in [0.2, 0.25) is 6.29 Å². The van der Waals surface area contributed by atoms with Crippen LogP contribution in [-0.2, 0) is 50.1 Å². The molecular formula is C40H40O7. The zero-order valence-electron chi connectivity index (χ0n) is 26.2. The summed E-state index contributed by atoms with van der Waals surface area (Å²) in [6.07, 6.45) is -3.48.